The van der Waals surface area contributed by atoms with Crippen LogP contribution in [0.2, 0.25) is 0 Å². The van der Waals surface area contributed by atoms with Gasteiger partial charge < -0.3 is 14.8 Å². The lowest BCUT2D eigenvalue weighted by molar-refractivity contribution is -0.118. The van der Waals surface area contributed by atoms with Crippen molar-refractivity contribution < 1.29 is 14.3 Å². The van der Waals surface area contributed by atoms with E-state index in [1.54, 1.807) is 30.0 Å². The Morgan fingerprint density at radius 1 is 1.00 bits per heavy atom. The maximum atomic E-state index is 13.2. The number of nitrogens with one attached hydrogen (secondary N) is 1. The van der Waals surface area contributed by atoms with Crippen molar-refractivity contribution in [1.82, 2.24) is 19.7 Å². The van der Waals surface area contributed by atoms with Crippen molar-refractivity contribution in [2.75, 3.05) is 12.4 Å². The molecule has 4 aromatic rings. The molecule has 0 atom stereocenters. The molecule has 0 aliphatic heterocycles. The van der Waals surface area contributed by atoms with Crippen LogP contribution in [0, 0.1) is 20.8 Å². The van der Waals surface area contributed by atoms with Crippen LogP contribution in [-0.2, 0) is 10.2 Å². The minimum atomic E-state index is -0.542. The lowest BCUT2D eigenvalue weighted by Gasteiger charge is -2.18. The molecule has 35 heavy (non-hydrogen) atoms. The molecule has 0 radical (unpaired) electrons. The first-order valence-electron chi connectivity index (χ1n) is 11.5. The monoisotopic (exact) mass is 469 g/mol. The van der Waals surface area contributed by atoms with E-state index in [1.165, 1.54) is 0 Å². The molecule has 0 unspecified atom stereocenters. The number of rotatable bonds is 7. The molecule has 1 fully saturated rings. The van der Waals surface area contributed by atoms with Gasteiger partial charge in [-0.2, -0.15) is 10.1 Å². The van der Waals surface area contributed by atoms with Crippen molar-refractivity contribution in [1.29, 1.82) is 0 Å². The third-order valence-electron chi connectivity index (χ3n) is 6.17. The predicted molar refractivity (Wildman–Crippen MR) is 132 cm³/mol. The van der Waals surface area contributed by atoms with Gasteiger partial charge in [0, 0.05) is 23.0 Å². The summed E-state index contributed by atoms with van der Waals surface area (Å²) in [4.78, 5) is 22.0. The highest BCUT2D eigenvalue weighted by Crippen LogP contribution is 2.52. The van der Waals surface area contributed by atoms with Crippen LogP contribution in [0.15, 0.2) is 60.7 Å². The van der Waals surface area contributed by atoms with Crippen molar-refractivity contribution in [2.24, 2.45) is 0 Å². The molecule has 2 heterocycles. The van der Waals surface area contributed by atoms with Gasteiger partial charge in [0.2, 0.25) is 11.8 Å². The number of anilines is 1. The van der Waals surface area contributed by atoms with Crippen LogP contribution in [-0.4, -0.2) is 32.8 Å². The Morgan fingerprint density at radius 3 is 2.40 bits per heavy atom. The maximum Gasteiger partial charge on any atom is 0.235 e. The number of aryl methyl sites for hydroxylation is 3. The Morgan fingerprint density at radius 2 is 1.74 bits per heavy atom. The summed E-state index contributed by atoms with van der Waals surface area (Å²) in [6.07, 6.45) is 1.59. The van der Waals surface area contributed by atoms with Crippen LogP contribution in [0.4, 0.5) is 5.69 Å². The highest BCUT2D eigenvalue weighted by molar-refractivity contribution is 6.01. The lowest BCUT2D eigenvalue weighted by Crippen LogP contribution is -2.28. The molecule has 0 saturated heterocycles. The zero-order valence-corrected chi connectivity index (χ0v) is 20.2. The van der Waals surface area contributed by atoms with E-state index in [4.69, 9.17) is 9.47 Å². The fourth-order valence-electron chi connectivity index (χ4n) is 4.31. The zero-order chi connectivity index (χ0) is 24.6. The second-order valence-corrected chi connectivity index (χ2v) is 8.81. The molecule has 8 heteroatoms. The second-order valence-electron chi connectivity index (χ2n) is 8.81. The zero-order valence-electron chi connectivity index (χ0n) is 20.2. The topological polar surface area (TPSA) is 91.2 Å². The van der Waals surface area contributed by atoms with Crippen LogP contribution in [0.3, 0.4) is 0 Å². The van der Waals surface area contributed by atoms with Crippen LogP contribution in [0.1, 0.15) is 35.6 Å². The minimum Gasteiger partial charge on any atom is -0.496 e. The number of carbonyl (C=O) groups is 1. The van der Waals surface area contributed by atoms with E-state index in [1.807, 2.05) is 63.2 Å². The van der Waals surface area contributed by atoms with Crippen molar-refractivity contribution in [3.63, 3.8) is 0 Å². The number of methoxy groups -OCH3 is 1. The molecular weight excluding hydrogens is 442 g/mol. The Kier molecular flexibility index (Phi) is 5.72. The number of para-hydroxylation sites is 1. The van der Waals surface area contributed by atoms with E-state index >= 15 is 0 Å². The molecular formula is C27H27N5O3. The number of benzene rings is 2. The fraction of sp³-hybridized carbons (Fsp3) is 0.259. The van der Waals surface area contributed by atoms with E-state index in [9.17, 15) is 4.79 Å². The summed E-state index contributed by atoms with van der Waals surface area (Å²) in [5.74, 6) is 2.96. The molecule has 0 bridgehead atoms. The Hall–Kier alpha value is -4.20. The van der Waals surface area contributed by atoms with Gasteiger partial charge in [0.15, 0.2) is 5.82 Å². The van der Waals surface area contributed by atoms with Crippen molar-refractivity contribution in [3.8, 4) is 23.2 Å². The lowest BCUT2D eigenvalue weighted by atomic mass is 9.94. The largest absolute Gasteiger partial charge is 0.496 e. The highest BCUT2D eigenvalue weighted by atomic mass is 16.5. The Bertz CT molecular complexity index is 1390. The number of amides is 1. The number of aromatic nitrogens is 4. The normalized spacial score (nSPS) is 13.8. The summed E-state index contributed by atoms with van der Waals surface area (Å²) in [6, 6.07) is 18.7. The average molecular weight is 470 g/mol. The summed E-state index contributed by atoms with van der Waals surface area (Å²) < 4.78 is 13.2. The molecule has 2 aromatic heterocycles. The van der Waals surface area contributed by atoms with Gasteiger partial charge in [-0.1, -0.05) is 18.2 Å². The van der Waals surface area contributed by atoms with Crippen LogP contribution in [0.25, 0.3) is 5.82 Å². The molecule has 1 N–H and O–H groups in total. The van der Waals surface area contributed by atoms with E-state index in [2.05, 4.69) is 20.4 Å². The van der Waals surface area contributed by atoms with Crippen molar-refractivity contribution >= 4 is 11.6 Å². The Balaban J connectivity index is 1.30. The summed E-state index contributed by atoms with van der Waals surface area (Å²) >= 11 is 0. The van der Waals surface area contributed by atoms with Gasteiger partial charge in [0.05, 0.1) is 18.2 Å². The van der Waals surface area contributed by atoms with Crippen molar-refractivity contribution in [2.45, 2.75) is 39.0 Å². The van der Waals surface area contributed by atoms with Gasteiger partial charge in [-0.05, 0) is 70.0 Å². The molecule has 1 amide bonds. The number of hydrogen-bond acceptors (Lipinski definition) is 6. The minimum absolute atomic E-state index is 0.0309. The first-order chi connectivity index (χ1) is 16.9. The molecule has 1 saturated carbocycles. The smallest absolute Gasteiger partial charge is 0.235 e. The third kappa shape index (κ3) is 4.47. The molecule has 2 aromatic carbocycles. The Labute approximate surface area is 204 Å². The van der Waals surface area contributed by atoms with Gasteiger partial charge in [-0.3, -0.25) is 4.79 Å². The number of ether oxygens (including phenoxy) is 2. The van der Waals surface area contributed by atoms with Gasteiger partial charge in [-0.25, -0.2) is 9.67 Å². The standard InChI is InChI=1S/C27H27N5O3/c1-17-15-18(2)32(31-17)24-16-25(29-19(3)28-24)35-21-11-9-20(10-12-21)30-26(33)27(13-14-27)22-7-5-6-8-23(22)34-4/h5-12,15-16H,13-14H2,1-4H3,(H,30,33). The summed E-state index contributed by atoms with van der Waals surface area (Å²) in [5, 5.41) is 7.54. The molecule has 178 valence electrons. The predicted octanol–water partition coefficient (Wildman–Crippen LogP) is 5.06. The molecule has 1 aliphatic carbocycles. The second kappa shape index (κ2) is 8.87. The summed E-state index contributed by atoms with van der Waals surface area (Å²) in [7, 11) is 1.63. The van der Waals surface area contributed by atoms with Crippen LogP contribution in [0.5, 0.6) is 17.4 Å². The van der Waals surface area contributed by atoms with Crippen LogP contribution >= 0.6 is 0 Å². The van der Waals surface area contributed by atoms with Gasteiger partial charge in [0.25, 0.3) is 0 Å². The van der Waals surface area contributed by atoms with E-state index in [-0.39, 0.29) is 5.91 Å². The van der Waals surface area contributed by atoms with E-state index in [0.717, 1.165) is 35.5 Å². The van der Waals surface area contributed by atoms with E-state index in [0.29, 0.717) is 29.0 Å². The first kappa shape index (κ1) is 22.6. The third-order valence-corrected chi connectivity index (χ3v) is 6.17. The maximum absolute atomic E-state index is 13.2. The van der Waals surface area contributed by atoms with Gasteiger partial charge >= 0.3 is 0 Å². The highest BCUT2D eigenvalue weighted by Gasteiger charge is 2.52. The summed E-state index contributed by atoms with van der Waals surface area (Å²) in [6.45, 7) is 5.73. The van der Waals surface area contributed by atoms with Gasteiger partial charge in [0.1, 0.15) is 17.3 Å². The first-order valence-corrected chi connectivity index (χ1v) is 11.5. The van der Waals surface area contributed by atoms with Crippen molar-refractivity contribution in [3.05, 3.63) is 83.4 Å². The molecule has 0 spiro atoms. The fourth-order valence-corrected chi connectivity index (χ4v) is 4.31. The SMILES string of the molecule is COc1ccccc1C1(C(=O)Nc2ccc(Oc3cc(-n4nc(C)cc4C)nc(C)n3)cc2)CC1. The average Bonchev–Trinajstić information content (AvgIpc) is 3.58. The quantitative estimate of drug-likeness (QED) is 0.407. The van der Waals surface area contributed by atoms with Gasteiger partial charge in [-0.15, -0.1) is 0 Å². The molecule has 8 nitrogen and oxygen atoms in total. The number of hydrogen-bond donors (Lipinski definition) is 1. The molecule has 1 aliphatic rings. The van der Waals surface area contributed by atoms with Crippen LogP contribution < -0.4 is 14.8 Å². The van der Waals surface area contributed by atoms with E-state index < -0.39 is 5.41 Å². The molecule has 5 rings (SSSR count). The summed E-state index contributed by atoms with van der Waals surface area (Å²) in [5.41, 5.74) is 2.98. The number of carbonyl (C=O) groups excluding carboxylic acids is 1. The number of nitrogens with zero attached hydrogens (tertiary/aromatic N) is 4.